The van der Waals surface area contributed by atoms with Crippen LogP contribution in [0.1, 0.15) is 22.2 Å². The van der Waals surface area contributed by atoms with Gasteiger partial charge in [-0.25, -0.2) is 0 Å². The second-order valence-corrected chi connectivity index (χ2v) is 5.91. The van der Waals surface area contributed by atoms with Gasteiger partial charge >= 0.3 is 0 Å². The lowest BCUT2D eigenvalue weighted by molar-refractivity contribution is 0.285. The zero-order chi connectivity index (χ0) is 13.7. The minimum atomic E-state index is 0.588. The average molecular weight is 341 g/mol. The standard InChI is InChI=1S/C15H17BrO2S/c1-3-12-7-8-13(19-12)10-18-15-11(9-16)5-4-6-14(15)17-2/h4-8H,3,9-10H2,1-2H3. The van der Waals surface area contributed by atoms with Crippen LogP contribution in [0.25, 0.3) is 0 Å². The molecule has 1 aromatic carbocycles. The molecule has 0 N–H and O–H groups in total. The third kappa shape index (κ3) is 3.51. The van der Waals surface area contributed by atoms with Gasteiger partial charge in [-0.15, -0.1) is 11.3 Å². The Hall–Kier alpha value is -1.00. The molecule has 0 aliphatic carbocycles. The normalized spacial score (nSPS) is 10.5. The third-order valence-corrected chi connectivity index (χ3v) is 4.66. The van der Waals surface area contributed by atoms with Crippen molar-refractivity contribution in [3.8, 4) is 11.5 Å². The summed E-state index contributed by atoms with van der Waals surface area (Å²) in [6.45, 7) is 2.75. The molecule has 19 heavy (non-hydrogen) atoms. The van der Waals surface area contributed by atoms with E-state index in [0.717, 1.165) is 28.8 Å². The number of benzene rings is 1. The summed E-state index contributed by atoms with van der Waals surface area (Å²) in [5.74, 6) is 1.61. The van der Waals surface area contributed by atoms with Crippen LogP contribution in [0.5, 0.6) is 11.5 Å². The maximum absolute atomic E-state index is 5.95. The first-order valence-electron chi connectivity index (χ1n) is 6.20. The molecule has 2 rings (SSSR count). The largest absolute Gasteiger partial charge is 0.493 e. The SMILES string of the molecule is CCc1ccc(COc2c(CBr)cccc2OC)s1. The number of rotatable bonds is 6. The van der Waals surface area contributed by atoms with E-state index in [0.29, 0.717) is 6.61 Å². The Kier molecular flexibility index (Phi) is 5.28. The highest BCUT2D eigenvalue weighted by molar-refractivity contribution is 9.08. The molecule has 0 spiro atoms. The van der Waals surface area contributed by atoms with Crippen molar-refractivity contribution in [2.45, 2.75) is 25.3 Å². The topological polar surface area (TPSA) is 18.5 Å². The Balaban J connectivity index is 2.13. The summed E-state index contributed by atoms with van der Waals surface area (Å²) in [7, 11) is 1.67. The van der Waals surface area contributed by atoms with Crippen molar-refractivity contribution in [1.29, 1.82) is 0 Å². The molecule has 4 heteroatoms. The number of alkyl halides is 1. The van der Waals surface area contributed by atoms with Gasteiger partial charge in [-0.05, 0) is 24.6 Å². The lowest BCUT2D eigenvalue weighted by atomic mass is 10.2. The fourth-order valence-corrected chi connectivity index (χ4v) is 3.14. The molecule has 1 aromatic heterocycles. The average Bonchev–Trinajstić information content (AvgIpc) is 2.92. The minimum absolute atomic E-state index is 0.588. The molecule has 0 radical (unpaired) electrons. The highest BCUT2D eigenvalue weighted by Crippen LogP contribution is 2.33. The first-order chi connectivity index (χ1) is 9.28. The van der Waals surface area contributed by atoms with Gasteiger partial charge in [-0.2, -0.15) is 0 Å². The predicted molar refractivity (Wildman–Crippen MR) is 83.7 cm³/mol. The Morgan fingerprint density at radius 3 is 2.58 bits per heavy atom. The van der Waals surface area contributed by atoms with E-state index in [1.165, 1.54) is 9.75 Å². The van der Waals surface area contributed by atoms with E-state index in [2.05, 4.69) is 35.0 Å². The van der Waals surface area contributed by atoms with Crippen molar-refractivity contribution in [3.05, 3.63) is 45.6 Å². The van der Waals surface area contributed by atoms with Gasteiger partial charge in [-0.3, -0.25) is 0 Å². The van der Waals surface area contributed by atoms with Crippen LogP contribution in [0.4, 0.5) is 0 Å². The third-order valence-electron chi connectivity index (χ3n) is 2.85. The maximum atomic E-state index is 5.95. The monoisotopic (exact) mass is 340 g/mol. The Bertz CT molecular complexity index is 514. The summed E-state index contributed by atoms with van der Waals surface area (Å²) in [6, 6.07) is 10.2. The van der Waals surface area contributed by atoms with E-state index in [-0.39, 0.29) is 0 Å². The van der Waals surface area contributed by atoms with Gasteiger partial charge in [0.05, 0.1) is 7.11 Å². The molecule has 0 bridgehead atoms. The van der Waals surface area contributed by atoms with Crippen molar-refractivity contribution < 1.29 is 9.47 Å². The second-order valence-electron chi connectivity index (χ2n) is 4.09. The first-order valence-corrected chi connectivity index (χ1v) is 8.14. The van der Waals surface area contributed by atoms with Crippen LogP contribution in [-0.4, -0.2) is 7.11 Å². The number of halogens is 1. The molecule has 102 valence electrons. The highest BCUT2D eigenvalue weighted by Gasteiger charge is 2.10. The number of thiophene rings is 1. The molecule has 0 saturated heterocycles. The van der Waals surface area contributed by atoms with E-state index >= 15 is 0 Å². The van der Waals surface area contributed by atoms with Gasteiger partial charge < -0.3 is 9.47 Å². The second kappa shape index (κ2) is 6.96. The number of ether oxygens (including phenoxy) is 2. The summed E-state index contributed by atoms with van der Waals surface area (Å²) in [5, 5.41) is 0.754. The van der Waals surface area contributed by atoms with Crippen LogP contribution in [0, 0.1) is 0 Å². The van der Waals surface area contributed by atoms with Crippen molar-refractivity contribution in [2.24, 2.45) is 0 Å². The van der Waals surface area contributed by atoms with Crippen LogP contribution in [0.3, 0.4) is 0 Å². The fraction of sp³-hybridized carbons (Fsp3) is 0.333. The van der Waals surface area contributed by atoms with Crippen LogP contribution in [-0.2, 0) is 18.4 Å². The van der Waals surface area contributed by atoms with E-state index in [4.69, 9.17) is 9.47 Å². The molecule has 0 saturated carbocycles. The molecule has 0 atom stereocenters. The molecule has 0 unspecified atom stereocenters. The predicted octanol–water partition coefficient (Wildman–Crippen LogP) is 4.79. The Labute approximate surface area is 126 Å². The molecule has 1 heterocycles. The van der Waals surface area contributed by atoms with E-state index in [1.807, 2.05) is 18.2 Å². The lowest BCUT2D eigenvalue weighted by Crippen LogP contribution is -1.99. The van der Waals surface area contributed by atoms with Gasteiger partial charge in [0.25, 0.3) is 0 Å². The summed E-state index contributed by atoms with van der Waals surface area (Å²) >= 11 is 5.28. The van der Waals surface area contributed by atoms with Crippen LogP contribution in [0.2, 0.25) is 0 Å². The molecule has 0 fully saturated rings. The van der Waals surface area contributed by atoms with Crippen LogP contribution < -0.4 is 9.47 Å². The zero-order valence-corrected chi connectivity index (χ0v) is 13.5. The smallest absolute Gasteiger partial charge is 0.165 e. The maximum Gasteiger partial charge on any atom is 0.165 e. The molecular formula is C15H17BrO2S. The van der Waals surface area contributed by atoms with E-state index in [9.17, 15) is 0 Å². The minimum Gasteiger partial charge on any atom is -0.493 e. The van der Waals surface area contributed by atoms with Gasteiger partial charge in [0, 0.05) is 20.6 Å². The molecule has 2 nitrogen and oxygen atoms in total. The number of para-hydroxylation sites is 1. The fourth-order valence-electron chi connectivity index (χ4n) is 1.82. The Morgan fingerprint density at radius 1 is 1.16 bits per heavy atom. The Morgan fingerprint density at radius 2 is 1.95 bits per heavy atom. The van der Waals surface area contributed by atoms with Crippen molar-refractivity contribution >= 4 is 27.3 Å². The van der Waals surface area contributed by atoms with Crippen molar-refractivity contribution in [2.75, 3.05) is 7.11 Å². The number of hydrogen-bond donors (Lipinski definition) is 0. The van der Waals surface area contributed by atoms with Crippen molar-refractivity contribution in [1.82, 2.24) is 0 Å². The van der Waals surface area contributed by atoms with Gasteiger partial charge in [-0.1, -0.05) is 35.0 Å². The first kappa shape index (κ1) is 14.4. The van der Waals surface area contributed by atoms with Gasteiger partial charge in [0.15, 0.2) is 11.5 Å². The van der Waals surface area contributed by atoms with Crippen LogP contribution in [0.15, 0.2) is 30.3 Å². The van der Waals surface area contributed by atoms with Crippen molar-refractivity contribution in [3.63, 3.8) is 0 Å². The summed E-state index contributed by atoms with van der Waals surface area (Å²) in [4.78, 5) is 2.63. The summed E-state index contributed by atoms with van der Waals surface area (Å²) in [5.41, 5.74) is 1.10. The number of hydrogen-bond acceptors (Lipinski definition) is 3. The van der Waals surface area contributed by atoms with E-state index in [1.54, 1.807) is 18.4 Å². The van der Waals surface area contributed by atoms with Gasteiger partial charge in [0.2, 0.25) is 0 Å². The molecule has 0 aliphatic rings. The quantitative estimate of drug-likeness (QED) is 0.703. The number of methoxy groups -OCH3 is 1. The molecule has 2 aromatic rings. The molecule has 0 aliphatic heterocycles. The number of aryl methyl sites for hydroxylation is 1. The summed E-state index contributed by atoms with van der Waals surface area (Å²) < 4.78 is 11.3. The molecule has 0 amide bonds. The highest BCUT2D eigenvalue weighted by atomic mass is 79.9. The van der Waals surface area contributed by atoms with Crippen LogP contribution >= 0.6 is 27.3 Å². The molecular weight excluding hydrogens is 324 g/mol. The zero-order valence-electron chi connectivity index (χ0n) is 11.1. The van der Waals surface area contributed by atoms with Gasteiger partial charge in [0.1, 0.15) is 6.61 Å². The summed E-state index contributed by atoms with van der Waals surface area (Å²) in [6.07, 6.45) is 1.08. The lowest BCUT2D eigenvalue weighted by Gasteiger charge is -2.13. The van der Waals surface area contributed by atoms with E-state index < -0.39 is 0 Å².